The highest BCUT2D eigenvalue weighted by atomic mass is 32.1. The lowest BCUT2D eigenvalue weighted by molar-refractivity contribution is -0.131. The summed E-state index contributed by atoms with van der Waals surface area (Å²) < 4.78 is 0. The number of nitrogens with zero attached hydrogens (tertiary/aromatic N) is 1. The monoisotopic (exact) mass is 279 g/mol. The summed E-state index contributed by atoms with van der Waals surface area (Å²) in [4.78, 5) is 14.8. The Labute approximate surface area is 119 Å². The molecule has 0 spiro atoms. The van der Waals surface area contributed by atoms with Crippen molar-refractivity contribution >= 4 is 17.2 Å². The summed E-state index contributed by atoms with van der Waals surface area (Å²) in [7, 11) is 1.84. The smallest absolute Gasteiger partial charge is 0.222 e. The Hall–Kier alpha value is -1.31. The zero-order valence-corrected chi connectivity index (χ0v) is 12.6. The minimum Gasteiger partial charge on any atom is -0.384 e. The first-order valence-corrected chi connectivity index (χ1v) is 7.35. The Balaban J connectivity index is 2.54. The lowest BCUT2D eigenvalue weighted by atomic mass is 10.0. The summed E-state index contributed by atoms with van der Waals surface area (Å²) >= 11 is 1.59. The van der Waals surface area contributed by atoms with Gasteiger partial charge in [0, 0.05) is 29.3 Å². The average Bonchev–Trinajstić information content (AvgIpc) is 2.83. The van der Waals surface area contributed by atoms with Crippen LogP contribution in [0.1, 0.15) is 37.1 Å². The molecule has 0 radical (unpaired) electrons. The molecule has 1 unspecified atom stereocenters. The van der Waals surface area contributed by atoms with Gasteiger partial charge in [0.05, 0.1) is 6.54 Å². The van der Waals surface area contributed by atoms with Gasteiger partial charge >= 0.3 is 0 Å². The van der Waals surface area contributed by atoms with E-state index in [1.54, 1.807) is 16.2 Å². The average molecular weight is 279 g/mol. The fourth-order valence-electron chi connectivity index (χ4n) is 1.59. The standard InChI is InChI=1S/C15H21NO2S/c1-4-12(2)8-15(18)16(3)10-14-9-13(11-19-14)6-5-7-17/h9,11-12,17H,4,7-8,10H2,1-3H3. The van der Waals surface area contributed by atoms with Gasteiger partial charge in [-0.25, -0.2) is 0 Å². The van der Waals surface area contributed by atoms with Gasteiger partial charge in [-0.15, -0.1) is 11.3 Å². The molecular weight excluding hydrogens is 258 g/mol. The van der Waals surface area contributed by atoms with Crippen molar-refractivity contribution in [2.24, 2.45) is 5.92 Å². The summed E-state index contributed by atoms with van der Waals surface area (Å²) in [6.07, 6.45) is 1.63. The molecule has 4 heteroatoms. The zero-order chi connectivity index (χ0) is 14.3. The Morgan fingerprint density at radius 3 is 2.95 bits per heavy atom. The van der Waals surface area contributed by atoms with Crippen LogP contribution in [0.15, 0.2) is 11.4 Å². The van der Waals surface area contributed by atoms with Crippen LogP contribution in [0, 0.1) is 17.8 Å². The molecule has 0 aliphatic carbocycles. The number of carbonyl (C=O) groups is 1. The molecule has 0 aliphatic rings. The first-order chi connectivity index (χ1) is 9.06. The molecule has 3 nitrogen and oxygen atoms in total. The summed E-state index contributed by atoms with van der Waals surface area (Å²) in [5.74, 6) is 6.11. The third-order valence-electron chi connectivity index (χ3n) is 3.00. The van der Waals surface area contributed by atoms with Gasteiger partial charge in [-0.05, 0) is 12.0 Å². The van der Waals surface area contributed by atoms with Crippen molar-refractivity contribution in [2.45, 2.75) is 33.2 Å². The number of hydrogen-bond acceptors (Lipinski definition) is 3. The molecule has 0 bridgehead atoms. The summed E-state index contributed by atoms with van der Waals surface area (Å²) in [6, 6.07) is 1.97. The molecule has 1 rings (SSSR count). The lowest BCUT2D eigenvalue weighted by Gasteiger charge is -2.18. The van der Waals surface area contributed by atoms with Crippen molar-refractivity contribution in [2.75, 3.05) is 13.7 Å². The Kier molecular flexibility index (Phi) is 6.61. The maximum absolute atomic E-state index is 12.0. The number of thiophene rings is 1. The number of hydrogen-bond donors (Lipinski definition) is 1. The summed E-state index contributed by atoms with van der Waals surface area (Å²) in [5.41, 5.74) is 0.900. The van der Waals surface area contributed by atoms with Crippen LogP contribution in [-0.2, 0) is 11.3 Å². The van der Waals surface area contributed by atoms with Crippen molar-refractivity contribution in [3.05, 3.63) is 21.9 Å². The van der Waals surface area contributed by atoms with E-state index in [1.165, 1.54) is 0 Å². The highest BCUT2D eigenvalue weighted by Gasteiger charge is 2.13. The summed E-state index contributed by atoms with van der Waals surface area (Å²) in [6.45, 7) is 4.70. The molecule has 0 aliphatic heterocycles. The van der Waals surface area contributed by atoms with Crippen LogP contribution >= 0.6 is 11.3 Å². The molecule has 0 fully saturated rings. The quantitative estimate of drug-likeness (QED) is 0.841. The number of rotatable bonds is 5. The van der Waals surface area contributed by atoms with Crippen molar-refractivity contribution in [3.8, 4) is 11.8 Å². The molecule has 1 aromatic heterocycles. The highest BCUT2D eigenvalue weighted by Crippen LogP contribution is 2.17. The second kappa shape index (κ2) is 7.98. The summed E-state index contributed by atoms with van der Waals surface area (Å²) in [5, 5.41) is 10.6. The molecule has 0 saturated heterocycles. The van der Waals surface area contributed by atoms with Gasteiger partial charge in [-0.2, -0.15) is 0 Å². The van der Waals surface area contributed by atoms with Crippen molar-refractivity contribution in [1.29, 1.82) is 0 Å². The SMILES string of the molecule is CCC(C)CC(=O)N(C)Cc1cc(C#CCO)cs1. The van der Waals surface area contributed by atoms with Crippen LogP contribution in [-0.4, -0.2) is 29.6 Å². The van der Waals surface area contributed by atoms with Gasteiger partial charge in [0.15, 0.2) is 0 Å². The van der Waals surface area contributed by atoms with Crippen LogP contribution < -0.4 is 0 Å². The third kappa shape index (κ3) is 5.46. The van der Waals surface area contributed by atoms with Crippen molar-refractivity contribution in [3.63, 3.8) is 0 Å². The molecular formula is C15H21NO2S. The van der Waals surface area contributed by atoms with Crippen LogP contribution in [0.4, 0.5) is 0 Å². The molecule has 104 valence electrons. The van der Waals surface area contributed by atoms with E-state index in [9.17, 15) is 4.79 Å². The number of aliphatic hydroxyl groups excluding tert-OH is 1. The second-order valence-corrected chi connectivity index (χ2v) is 5.72. The number of carbonyl (C=O) groups excluding carboxylic acids is 1. The van der Waals surface area contributed by atoms with E-state index in [0.29, 0.717) is 18.9 Å². The molecule has 0 aromatic carbocycles. The van der Waals surface area contributed by atoms with Gasteiger partial charge in [0.25, 0.3) is 0 Å². The van der Waals surface area contributed by atoms with Crippen LogP contribution in [0.2, 0.25) is 0 Å². The molecule has 1 heterocycles. The predicted octanol–water partition coefficient (Wildman–Crippen LogP) is 2.49. The van der Waals surface area contributed by atoms with Gasteiger partial charge < -0.3 is 10.0 Å². The fraction of sp³-hybridized carbons (Fsp3) is 0.533. The fourth-order valence-corrected chi connectivity index (χ4v) is 2.46. The minimum absolute atomic E-state index is 0.127. The molecule has 1 amide bonds. The van der Waals surface area contributed by atoms with E-state index in [0.717, 1.165) is 16.9 Å². The second-order valence-electron chi connectivity index (χ2n) is 4.73. The Morgan fingerprint density at radius 1 is 1.58 bits per heavy atom. The van der Waals surface area contributed by atoms with E-state index >= 15 is 0 Å². The van der Waals surface area contributed by atoms with Crippen LogP contribution in [0.5, 0.6) is 0 Å². The largest absolute Gasteiger partial charge is 0.384 e. The number of aliphatic hydroxyl groups is 1. The van der Waals surface area contributed by atoms with E-state index in [1.807, 2.05) is 18.5 Å². The minimum atomic E-state index is -0.127. The normalized spacial score (nSPS) is 11.6. The van der Waals surface area contributed by atoms with Gasteiger partial charge in [0.1, 0.15) is 6.61 Å². The molecule has 0 saturated carbocycles. The Bertz CT molecular complexity index is 470. The van der Waals surface area contributed by atoms with Crippen LogP contribution in [0.25, 0.3) is 0 Å². The van der Waals surface area contributed by atoms with Gasteiger partial charge in [-0.3, -0.25) is 4.79 Å². The van der Waals surface area contributed by atoms with Crippen molar-refractivity contribution < 1.29 is 9.90 Å². The van der Waals surface area contributed by atoms with E-state index in [4.69, 9.17) is 5.11 Å². The topological polar surface area (TPSA) is 40.5 Å². The molecule has 19 heavy (non-hydrogen) atoms. The first-order valence-electron chi connectivity index (χ1n) is 6.47. The van der Waals surface area contributed by atoms with Crippen molar-refractivity contribution in [1.82, 2.24) is 4.90 Å². The van der Waals surface area contributed by atoms with E-state index in [-0.39, 0.29) is 12.5 Å². The molecule has 1 atom stereocenters. The van der Waals surface area contributed by atoms with Gasteiger partial charge in [-0.1, -0.05) is 32.1 Å². The maximum Gasteiger partial charge on any atom is 0.222 e. The maximum atomic E-state index is 12.0. The zero-order valence-electron chi connectivity index (χ0n) is 11.8. The van der Waals surface area contributed by atoms with Gasteiger partial charge in [0.2, 0.25) is 5.91 Å². The van der Waals surface area contributed by atoms with E-state index < -0.39 is 0 Å². The lowest BCUT2D eigenvalue weighted by Crippen LogP contribution is -2.27. The number of amides is 1. The molecule has 1 aromatic rings. The Morgan fingerprint density at radius 2 is 2.32 bits per heavy atom. The van der Waals surface area contributed by atoms with E-state index in [2.05, 4.69) is 25.7 Å². The first kappa shape index (κ1) is 15.7. The van der Waals surface area contributed by atoms with Crippen LogP contribution in [0.3, 0.4) is 0 Å². The predicted molar refractivity (Wildman–Crippen MR) is 78.8 cm³/mol. The third-order valence-corrected chi connectivity index (χ3v) is 3.93. The highest BCUT2D eigenvalue weighted by molar-refractivity contribution is 7.10. The molecule has 1 N–H and O–H groups in total.